The molecule has 3 heteroatoms. The molecule has 0 bridgehead atoms. The number of amides is 1. The van der Waals surface area contributed by atoms with Gasteiger partial charge in [-0.05, 0) is 31.1 Å². The molecule has 2 N–H and O–H groups in total. The molecule has 1 atom stereocenters. The Morgan fingerprint density at radius 3 is 1.65 bits per heavy atom. The third-order valence-electron chi connectivity index (χ3n) is 4.83. The minimum atomic E-state index is -0.867. The molecule has 0 saturated carbocycles. The van der Waals surface area contributed by atoms with Gasteiger partial charge in [-0.15, -0.1) is 0 Å². The van der Waals surface area contributed by atoms with Crippen LogP contribution in [0.1, 0.15) is 31.9 Å². The molecule has 0 aliphatic heterocycles. The molecule has 3 nitrogen and oxygen atoms in total. The Labute approximate surface area is 139 Å². The summed E-state index contributed by atoms with van der Waals surface area (Å²) in [7, 11) is 0. The largest absolute Gasteiger partial charge is 0.369 e. The number of hydrogen-bond acceptors (Lipinski definition) is 2. The first-order chi connectivity index (χ1) is 11.1. The van der Waals surface area contributed by atoms with E-state index in [4.69, 9.17) is 5.73 Å². The first kappa shape index (κ1) is 17.2. The maximum Gasteiger partial charge on any atom is 0.234 e. The topological polar surface area (TPSA) is 46.3 Å². The van der Waals surface area contributed by atoms with E-state index < -0.39 is 5.41 Å². The summed E-state index contributed by atoms with van der Waals surface area (Å²) in [4.78, 5) is 15.1. The Morgan fingerprint density at radius 1 is 0.957 bits per heavy atom. The fourth-order valence-electron chi connectivity index (χ4n) is 3.59. The van der Waals surface area contributed by atoms with Crippen LogP contribution in [0.3, 0.4) is 0 Å². The van der Waals surface area contributed by atoms with Crippen LogP contribution in [0.5, 0.6) is 0 Å². The summed E-state index contributed by atoms with van der Waals surface area (Å²) in [6.07, 6.45) is 0. The van der Waals surface area contributed by atoms with E-state index >= 15 is 0 Å². The molecule has 2 aromatic carbocycles. The molecule has 0 fully saturated rings. The monoisotopic (exact) mass is 310 g/mol. The maximum absolute atomic E-state index is 12.8. The van der Waals surface area contributed by atoms with Gasteiger partial charge in [0.25, 0.3) is 0 Å². The summed E-state index contributed by atoms with van der Waals surface area (Å²) < 4.78 is 0. The van der Waals surface area contributed by atoms with Crippen molar-refractivity contribution in [3.63, 3.8) is 0 Å². The van der Waals surface area contributed by atoms with Crippen molar-refractivity contribution in [2.75, 3.05) is 13.1 Å². The Kier molecular flexibility index (Phi) is 5.56. The smallest absolute Gasteiger partial charge is 0.234 e. The number of nitrogens with zero attached hydrogens (tertiary/aromatic N) is 1. The number of hydrogen-bond donors (Lipinski definition) is 1. The first-order valence-electron chi connectivity index (χ1n) is 8.24. The molecular formula is C20H26N2O. The lowest BCUT2D eigenvalue weighted by atomic mass is 9.68. The SMILES string of the molecule is CCN(CC)C(C)C(C(N)=O)(c1ccccc1)c1ccccc1. The van der Waals surface area contributed by atoms with Crippen molar-refractivity contribution in [3.05, 3.63) is 71.8 Å². The lowest BCUT2D eigenvalue weighted by molar-refractivity contribution is -0.124. The van der Waals surface area contributed by atoms with Crippen molar-refractivity contribution < 1.29 is 4.79 Å². The lowest BCUT2D eigenvalue weighted by Gasteiger charge is -2.42. The third-order valence-corrected chi connectivity index (χ3v) is 4.83. The van der Waals surface area contributed by atoms with Crippen molar-refractivity contribution in [2.24, 2.45) is 5.73 Å². The standard InChI is InChI=1S/C20H26N2O/c1-4-22(5-2)16(3)20(19(21)23,17-12-8-6-9-13-17)18-14-10-7-11-15-18/h6-16H,4-5H2,1-3H3,(H2,21,23). The number of primary amides is 1. The van der Waals surface area contributed by atoms with Crippen LogP contribution in [-0.4, -0.2) is 29.9 Å². The molecular weight excluding hydrogens is 284 g/mol. The van der Waals surface area contributed by atoms with E-state index in [1.807, 2.05) is 60.7 Å². The average Bonchev–Trinajstić information content (AvgIpc) is 2.58. The zero-order valence-corrected chi connectivity index (χ0v) is 14.2. The molecule has 0 aliphatic carbocycles. The first-order valence-corrected chi connectivity index (χ1v) is 8.24. The highest BCUT2D eigenvalue weighted by atomic mass is 16.1. The summed E-state index contributed by atoms with van der Waals surface area (Å²) in [6, 6.07) is 19.7. The number of rotatable bonds is 7. The number of likely N-dealkylation sites (N-methyl/N-ethyl adjacent to an activating group) is 1. The second kappa shape index (κ2) is 7.42. The van der Waals surface area contributed by atoms with E-state index in [0.29, 0.717) is 0 Å². The molecule has 0 spiro atoms. The van der Waals surface area contributed by atoms with Crippen molar-refractivity contribution in [3.8, 4) is 0 Å². The van der Waals surface area contributed by atoms with Gasteiger partial charge >= 0.3 is 0 Å². The normalized spacial score (nSPS) is 13.0. The van der Waals surface area contributed by atoms with Gasteiger partial charge in [0, 0.05) is 6.04 Å². The van der Waals surface area contributed by atoms with Gasteiger partial charge in [0.15, 0.2) is 0 Å². The number of benzene rings is 2. The molecule has 1 amide bonds. The van der Waals surface area contributed by atoms with Gasteiger partial charge in [0.2, 0.25) is 5.91 Å². The number of nitrogens with two attached hydrogens (primary N) is 1. The average molecular weight is 310 g/mol. The Morgan fingerprint density at radius 2 is 1.35 bits per heavy atom. The van der Waals surface area contributed by atoms with Crippen LogP contribution in [0.15, 0.2) is 60.7 Å². The van der Waals surface area contributed by atoms with Gasteiger partial charge in [-0.3, -0.25) is 9.69 Å². The highest BCUT2D eigenvalue weighted by molar-refractivity contribution is 5.91. The van der Waals surface area contributed by atoms with E-state index in [-0.39, 0.29) is 11.9 Å². The second-order valence-corrected chi connectivity index (χ2v) is 5.80. The maximum atomic E-state index is 12.8. The summed E-state index contributed by atoms with van der Waals surface area (Å²) in [5, 5.41) is 0. The number of carbonyl (C=O) groups excluding carboxylic acids is 1. The van der Waals surface area contributed by atoms with Crippen molar-refractivity contribution in [2.45, 2.75) is 32.2 Å². The molecule has 0 aliphatic rings. The highest BCUT2D eigenvalue weighted by Gasteiger charge is 2.47. The van der Waals surface area contributed by atoms with Crippen LogP contribution in [-0.2, 0) is 10.2 Å². The van der Waals surface area contributed by atoms with Crippen molar-refractivity contribution in [1.29, 1.82) is 0 Å². The fraction of sp³-hybridized carbons (Fsp3) is 0.350. The van der Waals surface area contributed by atoms with E-state index in [1.165, 1.54) is 0 Å². The Balaban J connectivity index is 2.74. The quantitative estimate of drug-likeness (QED) is 0.853. The predicted molar refractivity (Wildman–Crippen MR) is 95.2 cm³/mol. The summed E-state index contributed by atoms with van der Waals surface area (Å²) in [5.74, 6) is -0.311. The van der Waals surface area contributed by atoms with Crippen LogP contribution in [0.2, 0.25) is 0 Å². The summed E-state index contributed by atoms with van der Waals surface area (Å²) in [6.45, 7) is 8.06. The number of carbonyl (C=O) groups is 1. The van der Waals surface area contributed by atoms with Crippen LogP contribution >= 0.6 is 0 Å². The van der Waals surface area contributed by atoms with Gasteiger partial charge in [0.05, 0.1) is 0 Å². The molecule has 0 radical (unpaired) electrons. The zero-order chi connectivity index (χ0) is 16.9. The van der Waals surface area contributed by atoms with E-state index in [2.05, 4.69) is 25.7 Å². The molecule has 23 heavy (non-hydrogen) atoms. The Hall–Kier alpha value is -2.13. The van der Waals surface area contributed by atoms with Gasteiger partial charge in [-0.2, -0.15) is 0 Å². The van der Waals surface area contributed by atoms with Crippen molar-refractivity contribution >= 4 is 5.91 Å². The highest BCUT2D eigenvalue weighted by Crippen LogP contribution is 2.38. The van der Waals surface area contributed by atoms with Gasteiger partial charge in [0.1, 0.15) is 5.41 Å². The molecule has 2 rings (SSSR count). The van der Waals surface area contributed by atoms with Crippen molar-refractivity contribution in [1.82, 2.24) is 4.90 Å². The minimum Gasteiger partial charge on any atom is -0.369 e. The van der Waals surface area contributed by atoms with E-state index in [0.717, 1.165) is 24.2 Å². The van der Waals surface area contributed by atoms with E-state index in [1.54, 1.807) is 0 Å². The summed E-state index contributed by atoms with van der Waals surface area (Å²) in [5.41, 5.74) is 7.04. The molecule has 2 aromatic rings. The molecule has 0 heterocycles. The van der Waals surface area contributed by atoms with Crippen LogP contribution < -0.4 is 5.73 Å². The third kappa shape index (κ3) is 3.02. The second-order valence-electron chi connectivity index (χ2n) is 5.80. The van der Waals surface area contributed by atoms with Crippen LogP contribution in [0.25, 0.3) is 0 Å². The van der Waals surface area contributed by atoms with Crippen LogP contribution in [0, 0.1) is 0 Å². The summed E-state index contributed by atoms with van der Waals surface area (Å²) >= 11 is 0. The lowest BCUT2D eigenvalue weighted by Crippen LogP contribution is -2.56. The van der Waals surface area contributed by atoms with E-state index in [9.17, 15) is 4.79 Å². The van der Waals surface area contributed by atoms with Gasteiger partial charge in [-0.1, -0.05) is 74.5 Å². The fourth-order valence-corrected chi connectivity index (χ4v) is 3.59. The Bertz CT molecular complexity index is 581. The molecule has 0 saturated heterocycles. The van der Waals surface area contributed by atoms with Crippen LogP contribution in [0.4, 0.5) is 0 Å². The molecule has 1 unspecified atom stereocenters. The molecule has 0 aromatic heterocycles. The minimum absolute atomic E-state index is 0.0419. The predicted octanol–water partition coefficient (Wildman–Crippen LogP) is 3.19. The van der Waals surface area contributed by atoms with Gasteiger partial charge < -0.3 is 5.73 Å². The zero-order valence-electron chi connectivity index (χ0n) is 14.2. The van der Waals surface area contributed by atoms with Gasteiger partial charge in [-0.25, -0.2) is 0 Å². The molecule has 122 valence electrons.